The SMILES string of the molecule is CC(c1ccc(OC(=O)c2c(F)c(F)c(F)c(F)c2F)cc1)C(C)(C)C. The fourth-order valence-electron chi connectivity index (χ4n) is 2.27. The van der Waals surface area contributed by atoms with Crippen LogP contribution in [-0.4, -0.2) is 5.97 Å². The maximum absolute atomic E-state index is 13.6. The van der Waals surface area contributed by atoms with E-state index in [0.29, 0.717) is 0 Å². The van der Waals surface area contributed by atoms with Crippen LogP contribution >= 0.6 is 0 Å². The average molecular weight is 372 g/mol. The van der Waals surface area contributed by atoms with Crippen molar-refractivity contribution in [3.8, 4) is 5.75 Å². The van der Waals surface area contributed by atoms with E-state index in [2.05, 4.69) is 20.8 Å². The Hall–Kier alpha value is -2.44. The number of carbonyl (C=O) groups is 1. The minimum atomic E-state index is -2.34. The molecule has 0 N–H and O–H groups in total. The van der Waals surface area contributed by atoms with Crippen molar-refractivity contribution in [3.05, 3.63) is 64.5 Å². The molecule has 2 nitrogen and oxygen atoms in total. The molecule has 0 spiro atoms. The Labute approximate surface area is 147 Å². The molecule has 1 atom stereocenters. The van der Waals surface area contributed by atoms with Gasteiger partial charge in [-0.3, -0.25) is 0 Å². The summed E-state index contributed by atoms with van der Waals surface area (Å²) in [7, 11) is 0. The number of esters is 1. The van der Waals surface area contributed by atoms with E-state index in [-0.39, 0.29) is 17.1 Å². The second kappa shape index (κ2) is 7.05. The second-order valence-electron chi connectivity index (χ2n) is 6.99. The van der Waals surface area contributed by atoms with Crippen LogP contribution in [0.5, 0.6) is 5.75 Å². The normalized spacial score (nSPS) is 12.8. The molecule has 0 heterocycles. The number of rotatable bonds is 3. The number of carbonyl (C=O) groups excluding carboxylic acids is 1. The molecule has 0 aliphatic rings. The van der Waals surface area contributed by atoms with E-state index >= 15 is 0 Å². The molecular weight excluding hydrogens is 355 g/mol. The summed E-state index contributed by atoms with van der Waals surface area (Å²) < 4.78 is 71.4. The summed E-state index contributed by atoms with van der Waals surface area (Å²) in [4.78, 5) is 11.9. The first-order chi connectivity index (χ1) is 11.9. The highest BCUT2D eigenvalue weighted by Gasteiger charge is 2.31. The summed E-state index contributed by atoms with van der Waals surface area (Å²) in [5.74, 6) is -12.8. The van der Waals surface area contributed by atoms with E-state index in [1.165, 1.54) is 12.1 Å². The van der Waals surface area contributed by atoms with E-state index in [9.17, 15) is 26.7 Å². The number of ether oxygens (including phenoxy) is 1. The lowest BCUT2D eigenvalue weighted by molar-refractivity contribution is 0.0721. The molecule has 1 unspecified atom stereocenters. The van der Waals surface area contributed by atoms with E-state index in [0.717, 1.165) is 5.56 Å². The largest absolute Gasteiger partial charge is 0.423 e. The number of halogens is 5. The molecule has 0 aliphatic heterocycles. The highest BCUT2D eigenvalue weighted by atomic mass is 19.2. The zero-order valence-electron chi connectivity index (χ0n) is 14.6. The van der Waals surface area contributed by atoms with Crippen molar-refractivity contribution in [3.63, 3.8) is 0 Å². The molecule has 26 heavy (non-hydrogen) atoms. The van der Waals surface area contributed by atoms with Crippen molar-refractivity contribution in [2.24, 2.45) is 5.41 Å². The van der Waals surface area contributed by atoms with Crippen LogP contribution in [0.1, 0.15) is 49.5 Å². The molecule has 0 saturated heterocycles. The first kappa shape index (κ1) is 19.9. The molecule has 2 rings (SSSR count). The van der Waals surface area contributed by atoms with Crippen molar-refractivity contribution >= 4 is 5.97 Å². The van der Waals surface area contributed by atoms with Crippen LogP contribution < -0.4 is 4.74 Å². The zero-order chi connectivity index (χ0) is 19.8. The summed E-state index contributed by atoms with van der Waals surface area (Å²) in [6.45, 7) is 8.16. The van der Waals surface area contributed by atoms with Gasteiger partial charge in [0.1, 0.15) is 11.3 Å². The van der Waals surface area contributed by atoms with E-state index in [1.807, 2.05) is 6.92 Å². The number of benzene rings is 2. The lowest BCUT2D eigenvalue weighted by atomic mass is 9.78. The van der Waals surface area contributed by atoms with Gasteiger partial charge in [-0.1, -0.05) is 39.8 Å². The van der Waals surface area contributed by atoms with Gasteiger partial charge in [0.15, 0.2) is 23.3 Å². The molecule has 140 valence electrons. The molecule has 0 aromatic heterocycles. The molecule has 0 fully saturated rings. The summed E-state index contributed by atoms with van der Waals surface area (Å²) in [5.41, 5.74) is -0.713. The molecule has 0 bridgehead atoms. The molecular formula is C19H17F5O2. The van der Waals surface area contributed by atoms with Crippen molar-refractivity contribution in [2.75, 3.05) is 0 Å². The standard InChI is InChI=1S/C19H17F5O2/c1-9(19(2,3)4)10-5-7-11(8-6-10)26-18(25)12-13(20)15(22)17(24)16(23)14(12)21/h5-9H,1-4H3. The van der Waals surface area contributed by atoms with Crippen molar-refractivity contribution in [2.45, 2.75) is 33.6 Å². The fourth-order valence-corrected chi connectivity index (χ4v) is 2.27. The highest BCUT2D eigenvalue weighted by Crippen LogP contribution is 2.35. The van der Waals surface area contributed by atoms with Gasteiger partial charge < -0.3 is 4.74 Å². The van der Waals surface area contributed by atoms with E-state index in [4.69, 9.17) is 4.74 Å². The lowest BCUT2D eigenvalue weighted by Gasteiger charge is -2.27. The van der Waals surface area contributed by atoms with Gasteiger partial charge in [0, 0.05) is 0 Å². The Bertz CT molecular complexity index is 809. The molecule has 0 radical (unpaired) electrons. The lowest BCUT2D eigenvalue weighted by Crippen LogP contribution is -2.17. The molecule has 0 saturated carbocycles. The van der Waals surface area contributed by atoms with Crippen LogP contribution in [0.4, 0.5) is 22.0 Å². The van der Waals surface area contributed by atoms with Gasteiger partial charge in [0.25, 0.3) is 0 Å². The third-order valence-corrected chi connectivity index (χ3v) is 4.30. The smallest absolute Gasteiger partial charge is 0.349 e. The van der Waals surface area contributed by atoms with Crippen LogP contribution in [0, 0.1) is 34.5 Å². The Morgan fingerprint density at radius 3 is 1.69 bits per heavy atom. The predicted molar refractivity (Wildman–Crippen MR) is 85.5 cm³/mol. The Kier molecular flexibility index (Phi) is 5.39. The quantitative estimate of drug-likeness (QED) is 0.225. The van der Waals surface area contributed by atoms with Gasteiger partial charge in [-0.25, -0.2) is 26.7 Å². The van der Waals surface area contributed by atoms with Crippen LogP contribution in [0.25, 0.3) is 0 Å². The van der Waals surface area contributed by atoms with Crippen molar-refractivity contribution < 1.29 is 31.5 Å². The van der Waals surface area contributed by atoms with Crippen LogP contribution in [0.2, 0.25) is 0 Å². The summed E-state index contributed by atoms with van der Waals surface area (Å²) in [5, 5.41) is 0. The Morgan fingerprint density at radius 2 is 1.27 bits per heavy atom. The summed E-state index contributed by atoms with van der Waals surface area (Å²) in [6, 6.07) is 6.11. The molecule has 0 amide bonds. The van der Waals surface area contributed by atoms with Crippen LogP contribution in [0.3, 0.4) is 0 Å². The fraction of sp³-hybridized carbons (Fsp3) is 0.316. The maximum atomic E-state index is 13.6. The topological polar surface area (TPSA) is 26.3 Å². The van der Waals surface area contributed by atoms with Gasteiger partial charge >= 0.3 is 5.97 Å². The first-order valence-electron chi connectivity index (χ1n) is 7.78. The third kappa shape index (κ3) is 3.71. The number of hydrogen-bond acceptors (Lipinski definition) is 2. The second-order valence-corrected chi connectivity index (χ2v) is 6.99. The van der Waals surface area contributed by atoms with Crippen LogP contribution in [-0.2, 0) is 0 Å². The third-order valence-electron chi connectivity index (χ3n) is 4.30. The van der Waals surface area contributed by atoms with Gasteiger partial charge in [-0.2, -0.15) is 0 Å². The summed E-state index contributed by atoms with van der Waals surface area (Å²) >= 11 is 0. The minimum Gasteiger partial charge on any atom is -0.423 e. The van der Waals surface area contributed by atoms with E-state index < -0.39 is 40.6 Å². The average Bonchev–Trinajstić information content (AvgIpc) is 2.57. The molecule has 2 aromatic carbocycles. The Balaban J connectivity index is 2.29. The van der Waals surface area contributed by atoms with Crippen LogP contribution in [0.15, 0.2) is 24.3 Å². The Morgan fingerprint density at radius 1 is 0.846 bits per heavy atom. The molecule has 2 aromatic rings. The summed E-state index contributed by atoms with van der Waals surface area (Å²) in [6.07, 6.45) is 0. The molecule has 0 aliphatic carbocycles. The van der Waals surface area contributed by atoms with E-state index in [1.54, 1.807) is 12.1 Å². The predicted octanol–water partition coefficient (Wildman–Crippen LogP) is 5.75. The zero-order valence-corrected chi connectivity index (χ0v) is 14.6. The van der Waals surface area contributed by atoms with Gasteiger partial charge in [-0.15, -0.1) is 0 Å². The van der Waals surface area contributed by atoms with Crippen molar-refractivity contribution in [1.29, 1.82) is 0 Å². The molecule has 7 heteroatoms. The van der Waals surface area contributed by atoms with Gasteiger partial charge in [0.2, 0.25) is 5.82 Å². The minimum absolute atomic E-state index is 0.0202. The first-order valence-corrected chi connectivity index (χ1v) is 7.78. The van der Waals surface area contributed by atoms with Gasteiger partial charge in [0.05, 0.1) is 0 Å². The van der Waals surface area contributed by atoms with Crippen molar-refractivity contribution in [1.82, 2.24) is 0 Å². The number of hydrogen-bond donors (Lipinski definition) is 0. The monoisotopic (exact) mass is 372 g/mol. The highest BCUT2D eigenvalue weighted by molar-refractivity contribution is 5.91. The maximum Gasteiger partial charge on any atom is 0.349 e. The van der Waals surface area contributed by atoms with Gasteiger partial charge in [-0.05, 0) is 29.0 Å².